The average Bonchev–Trinajstić information content (AvgIpc) is 3.11. The number of allylic oxidation sites excluding steroid dienone is 1. The van der Waals surface area contributed by atoms with Crippen LogP contribution < -0.4 is 0 Å². The van der Waals surface area contributed by atoms with Crippen LogP contribution in [0.5, 0.6) is 11.5 Å². The van der Waals surface area contributed by atoms with Crippen molar-refractivity contribution < 1.29 is 36.5 Å². The zero-order valence-corrected chi connectivity index (χ0v) is 24.3. The van der Waals surface area contributed by atoms with Gasteiger partial charge in [0, 0.05) is 47.4 Å². The van der Waals surface area contributed by atoms with Crippen molar-refractivity contribution in [3.05, 3.63) is 116 Å². The van der Waals surface area contributed by atoms with Gasteiger partial charge in [-0.2, -0.15) is 0 Å². The molecule has 1 aliphatic heterocycles. The number of hydrogen-bond acceptors (Lipinski definition) is 6. The van der Waals surface area contributed by atoms with Crippen molar-refractivity contribution in [2.24, 2.45) is 15.4 Å². The summed E-state index contributed by atoms with van der Waals surface area (Å²) < 4.78 is 11.1. The number of aromatic hydroxyl groups is 2. The van der Waals surface area contributed by atoms with Crippen molar-refractivity contribution in [3.63, 3.8) is 0 Å². The number of hydrogen-bond donors (Lipinski definition) is 2. The van der Waals surface area contributed by atoms with E-state index in [1.807, 2.05) is 42.5 Å². The molecule has 3 aromatic rings. The van der Waals surface area contributed by atoms with Crippen molar-refractivity contribution in [2.75, 3.05) is 7.11 Å². The Labute approximate surface area is 248 Å². The first kappa shape index (κ1) is 32.7. The summed E-state index contributed by atoms with van der Waals surface area (Å²) in [5, 5.41) is 19.6. The summed E-state index contributed by atoms with van der Waals surface area (Å²) in [6.45, 7) is 16.1. The van der Waals surface area contributed by atoms with Crippen LogP contribution in [0.3, 0.4) is 0 Å². The Morgan fingerprint density at radius 3 is 1.75 bits per heavy atom. The first-order valence-corrected chi connectivity index (χ1v) is 12.7. The normalized spacial score (nSPS) is 22.1. The van der Waals surface area contributed by atoms with Gasteiger partial charge in [0.1, 0.15) is 11.5 Å². The standard InChI is InChI=1S/C20H16N2O2.C13H21O2.Co/c23-19-11-5-1-7-15(19)13-21-17-9-3-4-10-18(17)22-14-16-8-2-6-12-20(16)24;1-7-8-9-13(5)12(3,4)10(2)11(14-6)15-13;/h1-14,23-24H;7,11H,1-3,8-9H2,4-6H3;/q;-1;/t;11?,12-,13+;/m.1./s1. The van der Waals surface area contributed by atoms with E-state index in [0.29, 0.717) is 22.5 Å². The molecular formula is C33H37CoN2O4-. The van der Waals surface area contributed by atoms with Gasteiger partial charge in [-0.05, 0) is 61.7 Å². The van der Waals surface area contributed by atoms with Gasteiger partial charge in [0.05, 0.1) is 17.0 Å². The molecule has 0 saturated carbocycles. The number of phenolic OH excluding ortho intramolecular Hbond substituents is 2. The Kier molecular flexibility index (Phi) is 12.1. The van der Waals surface area contributed by atoms with Crippen molar-refractivity contribution in [1.82, 2.24) is 0 Å². The van der Waals surface area contributed by atoms with E-state index < -0.39 is 0 Å². The SMILES string of the molecule is C=CCC[C@]1(C)OC(OC)C(=C)[C@@]1([CH2-])C.Oc1ccccc1C=Nc1ccccc1N=Cc1ccccc1O.[Co]. The molecule has 3 atom stereocenters. The zero-order chi connectivity index (χ0) is 28.5. The van der Waals surface area contributed by atoms with E-state index in [4.69, 9.17) is 9.47 Å². The second-order valence-electron chi connectivity index (χ2n) is 9.72. The largest absolute Gasteiger partial charge is 0.507 e. The van der Waals surface area contributed by atoms with Gasteiger partial charge in [-0.15, -0.1) is 12.0 Å². The molecule has 1 heterocycles. The number of methoxy groups -OCH3 is 1. The number of para-hydroxylation sites is 4. The minimum absolute atomic E-state index is 0. The van der Waals surface area contributed by atoms with Gasteiger partial charge in [-0.1, -0.05) is 56.0 Å². The number of aliphatic imine (C=N–C) groups is 2. The molecule has 3 aromatic carbocycles. The van der Waals surface area contributed by atoms with E-state index in [0.717, 1.165) is 18.4 Å². The predicted molar refractivity (Wildman–Crippen MR) is 159 cm³/mol. The molecule has 0 spiro atoms. The molecule has 1 saturated heterocycles. The van der Waals surface area contributed by atoms with Crippen LogP contribution in [0.2, 0.25) is 0 Å². The van der Waals surface area contributed by atoms with Crippen LogP contribution in [0.25, 0.3) is 0 Å². The van der Waals surface area contributed by atoms with E-state index in [1.165, 1.54) is 0 Å². The second-order valence-corrected chi connectivity index (χ2v) is 9.72. The van der Waals surface area contributed by atoms with E-state index in [2.05, 4.69) is 43.9 Å². The molecule has 2 N–H and O–H groups in total. The maximum absolute atomic E-state index is 9.79. The van der Waals surface area contributed by atoms with Gasteiger partial charge < -0.3 is 26.6 Å². The molecule has 1 unspecified atom stereocenters. The fraction of sp³-hybridized carbons (Fsp3) is 0.242. The third-order valence-corrected chi connectivity index (χ3v) is 7.01. The molecule has 213 valence electrons. The van der Waals surface area contributed by atoms with E-state index in [9.17, 15) is 10.2 Å². The van der Waals surface area contributed by atoms with Crippen molar-refractivity contribution >= 4 is 23.8 Å². The molecule has 7 heteroatoms. The number of rotatable bonds is 8. The number of nitrogens with zero attached hydrogens (tertiary/aromatic N) is 2. The van der Waals surface area contributed by atoms with Crippen LogP contribution in [0.1, 0.15) is 37.8 Å². The maximum atomic E-state index is 9.79. The Morgan fingerprint density at radius 1 is 0.900 bits per heavy atom. The van der Waals surface area contributed by atoms with Gasteiger partial charge in [0.25, 0.3) is 0 Å². The van der Waals surface area contributed by atoms with Crippen LogP contribution in [0, 0.1) is 12.3 Å². The molecule has 0 aliphatic carbocycles. The fourth-order valence-corrected chi connectivity index (χ4v) is 4.09. The fourth-order valence-electron chi connectivity index (χ4n) is 4.09. The smallest absolute Gasteiger partial charge is 0.177 e. The van der Waals surface area contributed by atoms with Crippen LogP contribution in [0.15, 0.2) is 108 Å². The molecule has 40 heavy (non-hydrogen) atoms. The molecule has 0 amide bonds. The molecule has 4 rings (SSSR count). The van der Waals surface area contributed by atoms with E-state index >= 15 is 0 Å². The maximum Gasteiger partial charge on any atom is 0.177 e. The molecule has 1 radical (unpaired) electrons. The van der Waals surface area contributed by atoms with Crippen LogP contribution in [0.4, 0.5) is 11.4 Å². The molecule has 1 fully saturated rings. The molecule has 1 aliphatic rings. The molecular weight excluding hydrogens is 547 g/mol. The van der Waals surface area contributed by atoms with Crippen LogP contribution >= 0.6 is 0 Å². The Bertz CT molecular complexity index is 1280. The summed E-state index contributed by atoms with van der Waals surface area (Å²) in [7, 11) is 1.63. The molecule has 0 bridgehead atoms. The second kappa shape index (κ2) is 14.8. The van der Waals surface area contributed by atoms with Crippen molar-refractivity contribution in [3.8, 4) is 11.5 Å². The van der Waals surface area contributed by atoms with Crippen molar-refractivity contribution in [1.29, 1.82) is 0 Å². The first-order valence-electron chi connectivity index (χ1n) is 12.7. The summed E-state index contributed by atoms with van der Waals surface area (Å²) in [5.74, 6) is 0.355. The number of phenols is 2. The van der Waals surface area contributed by atoms with Gasteiger partial charge in [0.15, 0.2) is 6.29 Å². The van der Waals surface area contributed by atoms with E-state index in [-0.39, 0.29) is 45.6 Å². The number of ether oxygens (including phenoxy) is 2. The van der Waals surface area contributed by atoms with Gasteiger partial charge >= 0.3 is 0 Å². The third-order valence-electron chi connectivity index (χ3n) is 7.01. The first-order chi connectivity index (χ1) is 18.6. The third kappa shape index (κ3) is 7.79. The monoisotopic (exact) mass is 584 g/mol. The van der Waals surface area contributed by atoms with Gasteiger partial charge in [0.2, 0.25) is 0 Å². The van der Waals surface area contributed by atoms with Crippen LogP contribution in [-0.2, 0) is 26.3 Å². The van der Waals surface area contributed by atoms with Crippen molar-refractivity contribution in [2.45, 2.75) is 38.6 Å². The average molecular weight is 585 g/mol. The Hall–Kier alpha value is -3.49. The quantitative estimate of drug-likeness (QED) is 0.161. The predicted octanol–water partition coefficient (Wildman–Crippen LogP) is 7.71. The Balaban J connectivity index is 0.000000304. The number of benzene rings is 3. The van der Waals surface area contributed by atoms with Gasteiger partial charge in [-0.3, -0.25) is 9.98 Å². The minimum atomic E-state index is -0.331. The molecule has 6 nitrogen and oxygen atoms in total. The van der Waals surface area contributed by atoms with Crippen LogP contribution in [-0.4, -0.2) is 41.6 Å². The van der Waals surface area contributed by atoms with Gasteiger partial charge in [-0.25, -0.2) is 0 Å². The van der Waals surface area contributed by atoms with E-state index in [1.54, 1.807) is 55.9 Å². The minimum Gasteiger partial charge on any atom is -0.507 e. The topological polar surface area (TPSA) is 83.6 Å². The zero-order valence-electron chi connectivity index (χ0n) is 23.2. The summed E-state index contributed by atoms with van der Waals surface area (Å²) in [4.78, 5) is 8.82. The Morgan fingerprint density at radius 2 is 1.35 bits per heavy atom. The molecule has 0 aromatic heterocycles. The summed E-state index contributed by atoms with van der Waals surface area (Å²) in [5.41, 5.74) is 2.90. The summed E-state index contributed by atoms with van der Waals surface area (Å²) in [6.07, 6.45) is 6.56. The summed E-state index contributed by atoms with van der Waals surface area (Å²) >= 11 is 0. The summed E-state index contributed by atoms with van der Waals surface area (Å²) in [6, 6.07) is 21.4.